The Hall–Kier alpha value is -0.120. The van der Waals surface area contributed by atoms with Crippen LogP contribution in [0.5, 0.6) is 0 Å². The van der Waals surface area contributed by atoms with E-state index in [2.05, 4.69) is 104 Å². The topological polar surface area (TPSA) is 60.7 Å². The van der Waals surface area contributed by atoms with Gasteiger partial charge in [0.15, 0.2) is 0 Å². The fourth-order valence-electron chi connectivity index (χ4n) is 17.6. The standard InChI is InChI=1S/C75H152O3/c1-17-23-29-34-37-39-41-43-45-49-54-65(7)68(55-48-28-22-6)70(10,11)75(64-67(9)78,61-56-66(8)77)71(12,13)69(72(14,57-50-32-26-20-4)58-51-46-44-42-40-38-35-30-24-18-2)74(16,62-63-76)73(15,59-52-33-27-21-5)60-53-47-36-31-25-19-3/h65-69,76-78H,17-64H2,1-16H3. The van der Waals surface area contributed by atoms with Gasteiger partial charge in [0.2, 0.25) is 0 Å². The van der Waals surface area contributed by atoms with Gasteiger partial charge in [-0.15, -0.1) is 0 Å². The molecule has 0 aliphatic carbocycles. The highest BCUT2D eigenvalue weighted by atomic mass is 16.3. The summed E-state index contributed by atoms with van der Waals surface area (Å²) >= 11 is 0. The number of aliphatic hydroxyl groups excluding tert-OH is 3. The number of hydrogen-bond acceptors (Lipinski definition) is 3. The Balaban J connectivity index is 8.58. The molecule has 9 unspecified atom stereocenters. The van der Waals surface area contributed by atoms with Crippen molar-refractivity contribution in [2.45, 2.75) is 425 Å². The Labute approximate surface area is 494 Å². The molecule has 0 radical (unpaired) electrons. The molecule has 0 aromatic heterocycles. The average Bonchev–Trinajstić information content (AvgIpc) is 3.46. The first-order valence-electron chi connectivity index (χ1n) is 36.2. The zero-order valence-corrected chi connectivity index (χ0v) is 57.2. The van der Waals surface area contributed by atoms with Crippen molar-refractivity contribution in [1.82, 2.24) is 0 Å². The van der Waals surface area contributed by atoms with Crippen LogP contribution < -0.4 is 0 Å². The van der Waals surface area contributed by atoms with Gasteiger partial charge in [-0.05, 0) is 122 Å². The average molecular weight is 1100 g/mol. The summed E-state index contributed by atoms with van der Waals surface area (Å²) in [4.78, 5) is 0. The molecule has 0 amide bonds. The van der Waals surface area contributed by atoms with Crippen molar-refractivity contribution >= 4 is 0 Å². The van der Waals surface area contributed by atoms with E-state index in [4.69, 9.17) is 0 Å². The van der Waals surface area contributed by atoms with Crippen molar-refractivity contribution in [3.63, 3.8) is 0 Å². The Morgan fingerprint density at radius 1 is 0.321 bits per heavy atom. The van der Waals surface area contributed by atoms with Crippen molar-refractivity contribution in [1.29, 1.82) is 0 Å². The molecule has 3 N–H and O–H groups in total. The molecule has 0 aliphatic rings. The fourth-order valence-corrected chi connectivity index (χ4v) is 17.6. The minimum absolute atomic E-state index is 0.0251. The summed E-state index contributed by atoms with van der Waals surface area (Å²) < 4.78 is 0. The second-order valence-corrected chi connectivity index (χ2v) is 29.6. The lowest BCUT2D eigenvalue weighted by molar-refractivity contribution is -0.225. The summed E-state index contributed by atoms with van der Waals surface area (Å²) in [5.41, 5.74) is -0.784. The molecule has 0 heterocycles. The summed E-state index contributed by atoms with van der Waals surface area (Å²) in [5, 5.41) is 36.0. The second kappa shape index (κ2) is 45.3. The second-order valence-electron chi connectivity index (χ2n) is 29.6. The van der Waals surface area contributed by atoms with E-state index < -0.39 is 12.2 Å². The molecule has 0 spiro atoms. The molecular formula is C75H152O3. The monoisotopic (exact) mass is 1100 g/mol. The molecule has 0 fully saturated rings. The largest absolute Gasteiger partial charge is 0.396 e. The van der Waals surface area contributed by atoms with E-state index in [1.165, 1.54) is 276 Å². The fraction of sp³-hybridized carbons (Fsp3) is 1.00. The van der Waals surface area contributed by atoms with Gasteiger partial charge in [0.1, 0.15) is 0 Å². The minimum atomic E-state index is -0.461. The highest BCUT2D eigenvalue weighted by molar-refractivity contribution is 5.15. The van der Waals surface area contributed by atoms with Crippen molar-refractivity contribution in [2.24, 2.45) is 50.2 Å². The van der Waals surface area contributed by atoms with E-state index in [-0.39, 0.29) is 39.1 Å². The molecule has 3 heteroatoms. The van der Waals surface area contributed by atoms with Gasteiger partial charge in [-0.1, -0.05) is 341 Å². The summed E-state index contributed by atoms with van der Waals surface area (Å²) in [6.45, 7) is 40.4. The molecule has 0 aliphatic heterocycles. The highest BCUT2D eigenvalue weighted by Gasteiger charge is 2.67. The number of unbranched alkanes of at least 4 members (excludes halogenated alkanes) is 31. The summed E-state index contributed by atoms with van der Waals surface area (Å²) in [6.07, 6.45) is 59.1. The van der Waals surface area contributed by atoms with Gasteiger partial charge in [0, 0.05) is 6.61 Å². The molecule has 0 bridgehead atoms. The quantitative estimate of drug-likeness (QED) is 0.0532. The Kier molecular flexibility index (Phi) is 45.2. The van der Waals surface area contributed by atoms with Crippen LogP contribution in [0.1, 0.15) is 413 Å². The summed E-state index contributed by atoms with van der Waals surface area (Å²) in [6, 6.07) is 0. The molecule has 0 aromatic rings. The predicted octanol–water partition coefficient (Wildman–Crippen LogP) is 25.1. The zero-order valence-electron chi connectivity index (χ0n) is 57.2. The van der Waals surface area contributed by atoms with Crippen LogP contribution in [0.25, 0.3) is 0 Å². The van der Waals surface area contributed by atoms with E-state index in [9.17, 15) is 15.3 Å². The van der Waals surface area contributed by atoms with E-state index >= 15 is 0 Å². The predicted molar refractivity (Wildman–Crippen MR) is 352 cm³/mol. The van der Waals surface area contributed by atoms with Crippen LogP contribution in [-0.4, -0.2) is 34.1 Å². The lowest BCUT2D eigenvalue weighted by Gasteiger charge is -2.70. The van der Waals surface area contributed by atoms with Gasteiger partial charge in [0.25, 0.3) is 0 Å². The SMILES string of the molecule is CCCCCCCCCCCCC(C)C(CCCCC)C(C)(C)C(CCC(C)O)(CC(C)O)C(C)(C)C(C(C)(CCCCCC)CCCCCCCCCCCC)C(C)(CCO)C(C)(CCCCCC)CCCCCCCC. The van der Waals surface area contributed by atoms with Gasteiger partial charge in [-0.2, -0.15) is 0 Å². The maximum Gasteiger partial charge on any atom is 0.0517 e. The molecule has 9 atom stereocenters. The summed E-state index contributed by atoms with van der Waals surface area (Å²) in [7, 11) is 0. The van der Waals surface area contributed by atoms with Crippen LogP contribution in [0.3, 0.4) is 0 Å². The number of hydrogen-bond donors (Lipinski definition) is 3. The molecule has 78 heavy (non-hydrogen) atoms. The van der Waals surface area contributed by atoms with E-state index in [1.54, 1.807) is 0 Å². The van der Waals surface area contributed by atoms with Crippen molar-refractivity contribution < 1.29 is 15.3 Å². The van der Waals surface area contributed by atoms with Gasteiger partial charge >= 0.3 is 0 Å². The van der Waals surface area contributed by atoms with E-state index in [0.29, 0.717) is 17.8 Å². The Bertz CT molecular complexity index is 1320. The molecule has 470 valence electrons. The van der Waals surface area contributed by atoms with Crippen LogP contribution in [-0.2, 0) is 0 Å². The molecule has 0 aromatic carbocycles. The Morgan fingerprint density at radius 3 is 1.00 bits per heavy atom. The van der Waals surface area contributed by atoms with Crippen LogP contribution in [0.15, 0.2) is 0 Å². The van der Waals surface area contributed by atoms with Crippen LogP contribution >= 0.6 is 0 Å². The van der Waals surface area contributed by atoms with Gasteiger partial charge in [0.05, 0.1) is 12.2 Å². The number of aliphatic hydroxyl groups is 3. The third-order valence-corrected chi connectivity index (χ3v) is 22.3. The maximum absolute atomic E-state index is 12.4. The van der Waals surface area contributed by atoms with E-state index in [1.807, 2.05) is 6.92 Å². The first kappa shape index (κ1) is 77.9. The van der Waals surface area contributed by atoms with Crippen LogP contribution in [0.4, 0.5) is 0 Å². The minimum Gasteiger partial charge on any atom is -0.396 e. The number of rotatable bonds is 58. The van der Waals surface area contributed by atoms with Gasteiger partial charge < -0.3 is 15.3 Å². The lowest BCUT2D eigenvalue weighted by Crippen LogP contribution is -2.64. The first-order chi connectivity index (χ1) is 37.2. The smallest absolute Gasteiger partial charge is 0.0517 e. The molecule has 3 nitrogen and oxygen atoms in total. The highest BCUT2D eigenvalue weighted by Crippen LogP contribution is 2.73. The Morgan fingerprint density at radius 2 is 0.641 bits per heavy atom. The lowest BCUT2D eigenvalue weighted by atomic mass is 9.34. The third kappa shape index (κ3) is 28.2. The normalized spacial score (nSPS) is 17.7. The molecule has 0 saturated heterocycles. The zero-order chi connectivity index (χ0) is 58.8. The molecule has 0 rings (SSSR count). The summed E-state index contributed by atoms with van der Waals surface area (Å²) in [5.74, 6) is 1.37. The van der Waals surface area contributed by atoms with E-state index in [0.717, 1.165) is 25.7 Å². The van der Waals surface area contributed by atoms with Crippen LogP contribution in [0, 0.1) is 50.2 Å². The van der Waals surface area contributed by atoms with Crippen molar-refractivity contribution in [3.8, 4) is 0 Å². The maximum atomic E-state index is 12.4. The van der Waals surface area contributed by atoms with Gasteiger partial charge in [-0.25, -0.2) is 0 Å². The molecular weight excluding hydrogens is 949 g/mol. The molecule has 0 saturated carbocycles. The van der Waals surface area contributed by atoms with Gasteiger partial charge in [-0.3, -0.25) is 0 Å². The third-order valence-electron chi connectivity index (χ3n) is 22.3. The van der Waals surface area contributed by atoms with Crippen molar-refractivity contribution in [3.05, 3.63) is 0 Å². The van der Waals surface area contributed by atoms with Crippen LogP contribution in [0.2, 0.25) is 0 Å². The van der Waals surface area contributed by atoms with Crippen molar-refractivity contribution in [2.75, 3.05) is 6.61 Å². The first-order valence-corrected chi connectivity index (χ1v) is 36.2.